The SMILES string of the molecule is C1CC23CCC24CCC42CCC132. The molecule has 4 spiro atoms. The Kier molecular flexibility index (Phi) is 0.508. The molecule has 0 aromatic carbocycles. The molecule has 0 saturated heterocycles. The summed E-state index contributed by atoms with van der Waals surface area (Å²) >= 11 is 0. The summed E-state index contributed by atoms with van der Waals surface area (Å²) in [7, 11) is 0. The number of hydrogen-bond acceptors (Lipinski definition) is 0. The van der Waals surface area contributed by atoms with Crippen LogP contribution in [0.2, 0.25) is 0 Å². The molecule has 5 fully saturated rings. The molecule has 0 atom stereocenters. The molecule has 0 aromatic rings. The number of rotatable bonds is 0. The van der Waals surface area contributed by atoms with Crippen molar-refractivity contribution in [3.63, 3.8) is 0 Å². The predicted molar refractivity (Wildman–Crippen MR) is 46.7 cm³/mol. The normalized spacial score (nSPS) is 80.0. The third-order valence-corrected chi connectivity index (χ3v) is 7.58. The molecule has 64 valence electrons. The van der Waals surface area contributed by atoms with Gasteiger partial charge in [-0.25, -0.2) is 0 Å². The van der Waals surface area contributed by atoms with Gasteiger partial charge in [0.15, 0.2) is 0 Å². The minimum absolute atomic E-state index is 0.983. The largest absolute Gasteiger partial charge is 0.0459 e. The third-order valence-electron chi connectivity index (χ3n) is 7.58. The van der Waals surface area contributed by atoms with E-state index in [0.717, 1.165) is 21.7 Å². The van der Waals surface area contributed by atoms with Crippen LogP contribution in [-0.2, 0) is 0 Å². The van der Waals surface area contributed by atoms with Gasteiger partial charge in [-0.05, 0) is 73.0 Å². The quantitative estimate of drug-likeness (QED) is 0.510. The van der Waals surface area contributed by atoms with Crippen molar-refractivity contribution in [3.05, 3.63) is 0 Å². The summed E-state index contributed by atoms with van der Waals surface area (Å²) in [5.74, 6) is 0. The van der Waals surface area contributed by atoms with Crippen molar-refractivity contribution < 1.29 is 0 Å². The minimum Gasteiger partial charge on any atom is -0.0459 e. The highest BCUT2D eigenvalue weighted by Gasteiger charge is 2.98. The second kappa shape index (κ2) is 1.07. The highest BCUT2D eigenvalue weighted by molar-refractivity contribution is 5.46. The fraction of sp³-hybridized carbons (Fsp3) is 1.00. The summed E-state index contributed by atoms with van der Waals surface area (Å²) in [5, 5.41) is 0. The zero-order valence-corrected chi connectivity index (χ0v) is 7.66. The standard InChI is InChI=1S/C12H16/c1-2-10-5-7-12(10)8-6-11(12)4-3-9(1,10)11/h1-8H2. The summed E-state index contributed by atoms with van der Waals surface area (Å²) in [5.41, 5.74) is 3.93. The van der Waals surface area contributed by atoms with Crippen LogP contribution in [0.15, 0.2) is 0 Å². The molecule has 0 unspecified atom stereocenters. The Balaban J connectivity index is 1.82. The molecule has 5 rings (SSSR count). The van der Waals surface area contributed by atoms with E-state index < -0.39 is 0 Å². The van der Waals surface area contributed by atoms with Gasteiger partial charge in [0.2, 0.25) is 0 Å². The van der Waals surface area contributed by atoms with Crippen LogP contribution in [0.5, 0.6) is 0 Å². The van der Waals surface area contributed by atoms with E-state index in [1.165, 1.54) is 0 Å². The maximum atomic E-state index is 1.63. The smallest absolute Gasteiger partial charge is 0.0173 e. The topological polar surface area (TPSA) is 0 Å². The minimum atomic E-state index is 0.983. The Morgan fingerprint density at radius 2 is 0.500 bits per heavy atom. The molecule has 12 heavy (non-hydrogen) atoms. The molecule has 5 aliphatic rings. The zero-order valence-electron chi connectivity index (χ0n) is 7.66. The average Bonchev–Trinajstić information content (AvgIpc) is 1.76. The van der Waals surface area contributed by atoms with E-state index >= 15 is 0 Å². The van der Waals surface area contributed by atoms with Gasteiger partial charge in [0, 0.05) is 0 Å². The highest BCUT2D eigenvalue weighted by atomic mass is 15.0. The molecular weight excluding hydrogens is 144 g/mol. The molecule has 0 aliphatic heterocycles. The van der Waals surface area contributed by atoms with Crippen molar-refractivity contribution in [2.75, 3.05) is 0 Å². The van der Waals surface area contributed by atoms with Gasteiger partial charge in [-0.1, -0.05) is 0 Å². The van der Waals surface area contributed by atoms with Crippen molar-refractivity contribution in [1.82, 2.24) is 0 Å². The average molecular weight is 160 g/mol. The summed E-state index contributed by atoms with van der Waals surface area (Å²) in [6.45, 7) is 0. The molecule has 0 heterocycles. The summed E-state index contributed by atoms with van der Waals surface area (Å²) in [6, 6.07) is 0. The van der Waals surface area contributed by atoms with Crippen LogP contribution in [0.25, 0.3) is 0 Å². The van der Waals surface area contributed by atoms with E-state index in [9.17, 15) is 0 Å². The first-order chi connectivity index (χ1) is 5.83. The Labute approximate surface area is 73.7 Å². The van der Waals surface area contributed by atoms with Gasteiger partial charge in [0.05, 0.1) is 0 Å². The van der Waals surface area contributed by atoms with Crippen LogP contribution in [0.3, 0.4) is 0 Å². The summed E-state index contributed by atoms with van der Waals surface area (Å²) in [4.78, 5) is 0. The van der Waals surface area contributed by atoms with Crippen LogP contribution in [0.1, 0.15) is 51.4 Å². The van der Waals surface area contributed by atoms with Crippen molar-refractivity contribution in [3.8, 4) is 0 Å². The molecule has 0 amide bonds. The maximum absolute atomic E-state index is 1.63. The van der Waals surface area contributed by atoms with Crippen molar-refractivity contribution in [2.24, 2.45) is 21.7 Å². The predicted octanol–water partition coefficient (Wildman–Crippen LogP) is 3.12. The van der Waals surface area contributed by atoms with Gasteiger partial charge >= 0.3 is 0 Å². The summed E-state index contributed by atoms with van der Waals surface area (Å²) in [6.07, 6.45) is 13.1. The van der Waals surface area contributed by atoms with Crippen LogP contribution in [0, 0.1) is 21.7 Å². The number of hydrogen-bond donors (Lipinski definition) is 0. The van der Waals surface area contributed by atoms with E-state index in [-0.39, 0.29) is 0 Å². The molecule has 5 saturated carbocycles. The maximum Gasteiger partial charge on any atom is -0.0173 e. The first-order valence-electron chi connectivity index (χ1n) is 5.83. The van der Waals surface area contributed by atoms with Crippen molar-refractivity contribution >= 4 is 0 Å². The van der Waals surface area contributed by atoms with E-state index in [2.05, 4.69) is 0 Å². The van der Waals surface area contributed by atoms with E-state index in [0.29, 0.717) is 0 Å². The Hall–Kier alpha value is 0. The highest BCUT2D eigenvalue weighted by Crippen LogP contribution is 3.06. The van der Waals surface area contributed by atoms with Gasteiger partial charge in [-0.2, -0.15) is 0 Å². The van der Waals surface area contributed by atoms with E-state index in [1.54, 1.807) is 51.4 Å². The fourth-order valence-corrected chi connectivity index (χ4v) is 7.10. The van der Waals surface area contributed by atoms with Gasteiger partial charge in [-0.3, -0.25) is 0 Å². The molecule has 0 radical (unpaired) electrons. The summed E-state index contributed by atoms with van der Waals surface area (Å²) < 4.78 is 0. The second-order valence-corrected chi connectivity index (χ2v) is 6.33. The fourth-order valence-electron chi connectivity index (χ4n) is 7.10. The van der Waals surface area contributed by atoms with Crippen molar-refractivity contribution in [2.45, 2.75) is 51.4 Å². The molecular formula is C12H16. The Morgan fingerprint density at radius 1 is 0.333 bits per heavy atom. The molecule has 0 nitrogen and oxygen atoms in total. The Bertz CT molecular complexity index is 216. The van der Waals surface area contributed by atoms with Crippen molar-refractivity contribution in [1.29, 1.82) is 0 Å². The Morgan fingerprint density at radius 3 is 0.583 bits per heavy atom. The van der Waals surface area contributed by atoms with E-state index in [4.69, 9.17) is 0 Å². The molecule has 5 aliphatic carbocycles. The van der Waals surface area contributed by atoms with Crippen LogP contribution in [0.4, 0.5) is 0 Å². The molecule has 0 N–H and O–H groups in total. The molecule has 0 bridgehead atoms. The lowest BCUT2D eigenvalue weighted by atomic mass is 9.01. The van der Waals surface area contributed by atoms with Gasteiger partial charge in [-0.15, -0.1) is 0 Å². The second-order valence-electron chi connectivity index (χ2n) is 6.33. The monoisotopic (exact) mass is 160 g/mol. The van der Waals surface area contributed by atoms with Crippen LogP contribution >= 0.6 is 0 Å². The zero-order chi connectivity index (χ0) is 7.66. The van der Waals surface area contributed by atoms with Gasteiger partial charge < -0.3 is 0 Å². The van der Waals surface area contributed by atoms with E-state index in [1.807, 2.05) is 0 Å². The van der Waals surface area contributed by atoms with Crippen LogP contribution < -0.4 is 0 Å². The van der Waals surface area contributed by atoms with Gasteiger partial charge in [0.1, 0.15) is 0 Å². The van der Waals surface area contributed by atoms with Gasteiger partial charge in [0.25, 0.3) is 0 Å². The molecule has 0 heteroatoms. The lowest BCUT2D eigenvalue weighted by Gasteiger charge is -3.02. The van der Waals surface area contributed by atoms with Crippen LogP contribution in [-0.4, -0.2) is 0 Å². The first-order valence-corrected chi connectivity index (χ1v) is 5.83. The third kappa shape index (κ3) is 0.198. The lowest BCUT2D eigenvalue weighted by molar-refractivity contribution is -0.542. The molecule has 0 aromatic heterocycles. The first kappa shape index (κ1) is 5.67. The lowest BCUT2D eigenvalue weighted by Crippen LogP contribution is -2.95.